The van der Waals surface area contributed by atoms with Gasteiger partial charge >= 0.3 is 5.97 Å². The van der Waals surface area contributed by atoms with Gasteiger partial charge in [0, 0.05) is 66.4 Å². The Morgan fingerprint density at radius 2 is 1.64 bits per heavy atom. The minimum atomic E-state index is -2.03. The van der Waals surface area contributed by atoms with E-state index in [1.807, 2.05) is 6.07 Å². The normalized spacial score (nSPS) is 17.3. The lowest BCUT2D eigenvalue weighted by atomic mass is 9.81. The monoisotopic (exact) mass is 1060 g/mol. The summed E-state index contributed by atoms with van der Waals surface area (Å²) in [4.78, 5) is 121. The van der Waals surface area contributed by atoms with E-state index in [9.17, 15) is 48.3 Å². The van der Waals surface area contributed by atoms with Gasteiger partial charge in [0.15, 0.2) is 11.4 Å². The molecule has 4 aliphatic rings. The molecule has 406 valence electrons. The molecule has 21 heteroatoms. The first-order valence-electron chi connectivity index (χ1n) is 26.0. The number of unbranched alkanes of at least 4 members (excludes halogenated alkanes) is 3. The fourth-order valence-electron chi connectivity index (χ4n) is 10.3. The molecule has 5 heterocycles. The van der Waals surface area contributed by atoms with E-state index < -0.39 is 65.2 Å². The Bertz CT molecular complexity index is 3120. The van der Waals surface area contributed by atoms with Crippen molar-refractivity contribution < 1.29 is 57.3 Å². The predicted octanol–water partition coefficient (Wildman–Crippen LogP) is 2.94. The van der Waals surface area contributed by atoms with Crippen LogP contribution in [0.25, 0.3) is 22.3 Å². The average molecular weight is 1060 g/mol. The molecule has 0 bridgehead atoms. The van der Waals surface area contributed by atoms with Crippen LogP contribution in [0.5, 0.6) is 0 Å². The molecule has 0 spiro atoms. The van der Waals surface area contributed by atoms with E-state index in [2.05, 4.69) is 33.2 Å². The van der Waals surface area contributed by atoms with Gasteiger partial charge in [-0.3, -0.25) is 43.3 Å². The third-order valence-electron chi connectivity index (χ3n) is 14.5. The van der Waals surface area contributed by atoms with Crippen LogP contribution in [0.1, 0.15) is 110 Å². The van der Waals surface area contributed by atoms with E-state index in [0.717, 1.165) is 24.0 Å². The van der Waals surface area contributed by atoms with Crippen LogP contribution in [-0.2, 0) is 79.4 Å². The number of amides is 6. The molecule has 0 fully saturated rings. The molecule has 6 amide bonds. The summed E-state index contributed by atoms with van der Waals surface area (Å²) in [6.45, 7) is 6.43. The van der Waals surface area contributed by atoms with E-state index in [4.69, 9.17) is 14.5 Å². The van der Waals surface area contributed by atoms with Crippen molar-refractivity contribution in [1.82, 2.24) is 41.0 Å². The van der Waals surface area contributed by atoms with Crippen molar-refractivity contribution in [3.05, 3.63) is 122 Å². The lowest BCUT2D eigenvalue weighted by molar-refractivity contribution is -0.172. The van der Waals surface area contributed by atoms with E-state index in [1.165, 1.54) is 27.7 Å². The molecule has 2 aromatic heterocycles. The third-order valence-corrected chi connectivity index (χ3v) is 14.5. The summed E-state index contributed by atoms with van der Waals surface area (Å²) >= 11 is 0. The summed E-state index contributed by atoms with van der Waals surface area (Å²) < 4.78 is 27.8. The summed E-state index contributed by atoms with van der Waals surface area (Å²) in [5.41, 5.74) is 2.95. The Morgan fingerprint density at radius 3 is 2.39 bits per heavy atom. The number of hydrogen-bond donors (Lipinski definition) is 6. The highest BCUT2D eigenvalue weighted by molar-refractivity contribution is 6.12. The summed E-state index contributed by atoms with van der Waals surface area (Å²) in [6, 6.07) is 10.3. The van der Waals surface area contributed by atoms with Crippen molar-refractivity contribution in [2.75, 3.05) is 39.4 Å². The molecular formula is C56H63FN8O12. The van der Waals surface area contributed by atoms with Crippen molar-refractivity contribution in [2.24, 2.45) is 0 Å². The van der Waals surface area contributed by atoms with Crippen molar-refractivity contribution >= 4 is 58.1 Å². The number of ether oxygens (including phenoxy) is 2. The van der Waals surface area contributed by atoms with Crippen molar-refractivity contribution in [2.45, 2.75) is 115 Å². The second-order valence-corrected chi connectivity index (χ2v) is 19.8. The fourth-order valence-corrected chi connectivity index (χ4v) is 10.3. The number of halogens is 1. The van der Waals surface area contributed by atoms with E-state index in [1.54, 1.807) is 44.2 Å². The van der Waals surface area contributed by atoms with Gasteiger partial charge in [0.2, 0.25) is 23.6 Å². The van der Waals surface area contributed by atoms with Gasteiger partial charge in [-0.1, -0.05) is 50.3 Å². The smallest absolute Gasteiger partial charge is 0.343 e. The van der Waals surface area contributed by atoms with Crippen LogP contribution in [0.3, 0.4) is 0 Å². The molecule has 0 radical (unpaired) electrons. The number of allylic oxidation sites excluding steroid dienone is 1. The van der Waals surface area contributed by atoms with Crippen LogP contribution in [0.2, 0.25) is 0 Å². The van der Waals surface area contributed by atoms with E-state index in [-0.39, 0.29) is 87.4 Å². The maximum Gasteiger partial charge on any atom is 0.343 e. The number of carbonyl (C=O) groups is 8. The summed E-state index contributed by atoms with van der Waals surface area (Å²) in [6.07, 6.45) is 7.10. The lowest BCUT2D eigenvalue weighted by Crippen LogP contribution is -2.51. The highest BCUT2D eigenvalue weighted by Crippen LogP contribution is 2.46. The Labute approximate surface area is 443 Å². The van der Waals surface area contributed by atoms with E-state index in [0.29, 0.717) is 89.7 Å². The van der Waals surface area contributed by atoms with Crippen LogP contribution in [0.15, 0.2) is 71.7 Å². The molecule has 1 unspecified atom stereocenters. The maximum atomic E-state index is 15.4. The zero-order valence-electron chi connectivity index (χ0n) is 43.2. The number of esters is 1. The number of fused-ring (bicyclic) bond motifs is 5. The first kappa shape index (κ1) is 55.3. The number of pyridine rings is 2. The minimum absolute atomic E-state index is 0.0286. The summed E-state index contributed by atoms with van der Waals surface area (Å²) in [5.74, 6) is -4.25. The number of nitrogens with one attached hydrogen (secondary N) is 5. The van der Waals surface area contributed by atoms with Gasteiger partial charge in [-0.25, -0.2) is 14.2 Å². The molecule has 8 rings (SSSR count). The molecule has 2 aromatic carbocycles. The number of carbonyl (C=O) groups excluding carboxylic acids is 8. The Morgan fingerprint density at radius 1 is 0.896 bits per heavy atom. The Balaban J connectivity index is 0.770. The number of hydrogen-bond acceptors (Lipinski definition) is 14. The van der Waals surface area contributed by atoms with Crippen LogP contribution >= 0.6 is 0 Å². The van der Waals surface area contributed by atoms with Crippen LogP contribution < -0.4 is 32.1 Å². The first-order chi connectivity index (χ1) is 37.0. The molecule has 77 heavy (non-hydrogen) atoms. The largest absolute Gasteiger partial charge is 0.458 e. The van der Waals surface area contributed by atoms with Gasteiger partial charge in [0.05, 0.1) is 54.7 Å². The number of ketones is 1. The van der Waals surface area contributed by atoms with Crippen molar-refractivity contribution in [3.8, 4) is 11.4 Å². The SMILES string of the molecule is C=C(CCCCCN1C(=O)C=CC1=O)NCC(=O)NCC(=O)NC(Cc1ccccc1)C(=O)NCC(=O)CCCCOCC(=O)N[C@H]1CCc2c(C)c(F)cc3nc4c(c1c23)Cn1c-4cc2c(c1=O)COC(=O)[C@]2(O)CC. The summed E-state index contributed by atoms with van der Waals surface area (Å²) in [5, 5.41) is 25.9. The van der Waals surface area contributed by atoms with Gasteiger partial charge in [0.25, 0.3) is 17.4 Å². The molecule has 4 aromatic rings. The quantitative estimate of drug-likeness (QED) is 0.0264. The third kappa shape index (κ3) is 12.5. The summed E-state index contributed by atoms with van der Waals surface area (Å²) in [7, 11) is 0. The van der Waals surface area contributed by atoms with Gasteiger partial charge in [-0.2, -0.15) is 0 Å². The molecule has 0 saturated carbocycles. The zero-order valence-corrected chi connectivity index (χ0v) is 43.2. The van der Waals surface area contributed by atoms with Crippen LogP contribution in [0, 0.1) is 12.7 Å². The highest BCUT2D eigenvalue weighted by Gasteiger charge is 2.46. The Kier molecular flexibility index (Phi) is 17.5. The minimum Gasteiger partial charge on any atom is -0.458 e. The number of nitrogens with zero attached hydrogens (tertiary/aromatic N) is 3. The number of rotatable bonds is 26. The molecule has 6 N–H and O–H groups in total. The number of benzene rings is 2. The topological polar surface area (TPSA) is 274 Å². The second-order valence-electron chi connectivity index (χ2n) is 19.8. The molecule has 3 atom stereocenters. The molecule has 3 aliphatic heterocycles. The second kappa shape index (κ2) is 24.4. The van der Waals surface area contributed by atoms with E-state index >= 15 is 4.39 Å². The number of aromatic nitrogens is 2. The number of cyclic esters (lactones) is 1. The molecule has 0 saturated heterocycles. The van der Waals surface area contributed by atoms with Crippen LogP contribution in [-0.4, -0.2) is 112 Å². The predicted molar refractivity (Wildman–Crippen MR) is 278 cm³/mol. The lowest BCUT2D eigenvalue weighted by Gasteiger charge is -2.31. The fraction of sp³-hybridized carbons (Fsp3) is 0.429. The van der Waals surface area contributed by atoms with Gasteiger partial charge < -0.3 is 45.7 Å². The molecular weight excluding hydrogens is 996 g/mol. The first-order valence-corrected chi connectivity index (χ1v) is 26.0. The maximum absolute atomic E-state index is 15.4. The van der Waals surface area contributed by atoms with Crippen molar-refractivity contribution in [1.29, 1.82) is 0 Å². The zero-order chi connectivity index (χ0) is 55.0. The average Bonchev–Trinajstić information content (AvgIpc) is 4.14. The standard InChI is InChI=1S/C56H63FN8O12/c1-4-56(75)39-24-44-52-37(29-65(44)54(73)38(39)30-77-55(56)74)51-41(18-17-36-33(3)40(57)25-42(63-52)50(36)51)61-47(69)31-76-22-12-10-16-35(66)26-60-53(72)43(23-34-14-8-5-9-15-34)62-46(68)28-59-45(67)27-58-32(2)13-7-6-11-21-64-48(70)19-20-49(64)71/h5,8-9,14-15,19-20,24-25,41,43,58,75H,2,4,6-7,10-13,16-18,21-23,26-31H2,1,3H3,(H,59,67)(H,60,72)(H,61,69)(H,62,68)/t41-,43?,56-/m0/s1. The van der Waals surface area contributed by atoms with Crippen molar-refractivity contribution in [3.63, 3.8) is 0 Å². The highest BCUT2D eigenvalue weighted by atomic mass is 19.1. The van der Waals surface area contributed by atoms with Crippen LogP contribution in [0.4, 0.5) is 4.39 Å². The van der Waals surface area contributed by atoms with Gasteiger partial charge in [-0.15, -0.1) is 0 Å². The number of imide groups is 1. The Hall–Kier alpha value is -7.91. The van der Waals surface area contributed by atoms with Gasteiger partial charge in [0.1, 0.15) is 25.1 Å². The number of aryl methyl sites for hydroxylation is 1. The molecule has 1 aliphatic carbocycles. The number of aliphatic hydroxyl groups is 1. The van der Waals surface area contributed by atoms with Gasteiger partial charge in [-0.05, 0) is 86.6 Å². The molecule has 20 nitrogen and oxygen atoms in total. The number of Topliss-reactive ketones (excluding diaryl/α,β-unsaturated/α-hetero) is 1.